The quantitative estimate of drug-likeness (QED) is 0.437. The minimum atomic E-state index is -0.966. The Hall–Kier alpha value is -3.22. The number of non-ortho nitro benzene ring substituents is 1. The van der Waals surface area contributed by atoms with E-state index in [1.807, 2.05) is 37.3 Å². The van der Waals surface area contributed by atoms with Crippen LogP contribution < -0.4 is 5.32 Å². The van der Waals surface area contributed by atoms with E-state index in [4.69, 9.17) is 4.74 Å². The van der Waals surface area contributed by atoms with E-state index in [0.717, 1.165) is 12.8 Å². The molecule has 0 unspecified atom stereocenters. The molecule has 0 saturated heterocycles. The highest BCUT2D eigenvalue weighted by molar-refractivity contribution is 5.92. The molecule has 7 heteroatoms. The molecular formula is C20H22N2O5. The molecule has 0 bridgehead atoms. The van der Waals surface area contributed by atoms with Crippen LogP contribution >= 0.6 is 0 Å². The normalized spacial score (nSPS) is 12.7. The Kier molecular flexibility index (Phi) is 7.05. The number of ether oxygens (including phenoxy) is 1. The lowest BCUT2D eigenvalue weighted by Crippen LogP contribution is -2.41. The third-order valence-corrected chi connectivity index (χ3v) is 4.06. The van der Waals surface area contributed by atoms with Crippen LogP contribution in [0.2, 0.25) is 0 Å². The molecule has 2 aromatic rings. The van der Waals surface area contributed by atoms with Gasteiger partial charge in [0.25, 0.3) is 11.6 Å². The average molecular weight is 370 g/mol. The second-order valence-electron chi connectivity index (χ2n) is 6.29. The van der Waals surface area contributed by atoms with Gasteiger partial charge in [-0.2, -0.15) is 0 Å². The Morgan fingerprint density at radius 1 is 1.07 bits per heavy atom. The van der Waals surface area contributed by atoms with Crippen molar-refractivity contribution in [1.82, 2.24) is 5.32 Å². The lowest BCUT2D eigenvalue weighted by Gasteiger charge is -2.18. The van der Waals surface area contributed by atoms with Crippen LogP contribution in [0.15, 0.2) is 54.6 Å². The van der Waals surface area contributed by atoms with Crippen molar-refractivity contribution in [3.8, 4) is 0 Å². The van der Waals surface area contributed by atoms with Crippen molar-refractivity contribution in [1.29, 1.82) is 0 Å². The first-order chi connectivity index (χ1) is 12.9. The summed E-state index contributed by atoms with van der Waals surface area (Å²) in [6.07, 6.45) is 0.629. The van der Waals surface area contributed by atoms with E-state index >= 15 is 0 Å². The van der Waals surface area contributed by atoms with Crippen molar-refractivity contribution < 1.29 is 19.2 Å². The number of carbonyl (C=O) groups excluding carboxylic acids is 2. The number of hydrogen-bond acceptors (Lipinski definition) is 5. The molecule has 2 rings (SSSR count). The second kappa shape index (κ2) is 9.47. The number of aryl methyl sites for hydroxylation is 1. The maximum absolute atomic E-state index is 12.2. The van der Waals surface area contributed by atoms with Crippen molar-refractivity contribution in [2.24, 2.45) is 0 Å². The Balaban J connectivity index is 1.81. The third-order valence-electron chi connectivity index (χ3n) is 4.06. The number of nitro groups is 1. The highest BCUT2D eigenvalue weighted by Gasteiger charge is 2.20. The summed E-state index contributed by atoms with van der Waals surface area (Å²) in [5, 5.41) is 13.5. The predicted octanol–water partition coefficient (Wildman–Crippen LogP) is 3.28. The lowest BCUT2D eigenvalue weighted by molar-refractivity contribution is -0.384. The maximum Gasteiger partial charge on any atom is 0.338 e. The summed E-state index contributed by atoms with van der Waals surface area (Å²) >= 11 is 0. The Bertz CT molecular complexity index is 790. The topological polar surface area (TPSA) is 98.5 Å². The number of benzene rings is 2. The second-order valence-corrected chi connectivity index (χ2v) is 6.29. The van der Waals surface area contributed by atoms with Gasteiger partial charge in [-0.3, -0.25) is 14.9 Å². The van der Waals surface area contributed by atoms with E-state index in [1.165, 1.54) is 36.8 Å². The first kappa shape index (κ1) is 20.1. The van der Waals surface area contributed by atoms with Crippen LogP contribution in [0.3, 0.4) is 0 Å². The minimum absolute atomic E-state index is 0.0711. The zero-order valence-electron chi connectivity index (χ0n) is 15.3. The number of amides is 1. The molecule has 0 spiro atoms. The summed E-state index contributed by atoms with van der Waals surface area (Å²) < 4.78 is 5.14. The van der Waals surface area contributed by atoms with Gasteiger partial charge in [-0.25, -0.2) is 4.79 Å². The number of rotatable bonds is 8. The van der Waals surface area contributed by atoms with Crippen molar-refractivity contribution in [3.05, 3.63) is 75.8 Å². The van der Waals surface area contributed by atoms with Crippen LogP contribution in [-0.4, -0.2) is 28.9 Å². The molecule has 0 radical (unpaired) electrons. The van der Waals surface area contributed by atoms with Crippen molar-refractivity contribution in [2.75, 3.05) is 0 Å². The number of nitrogens with zero attached hydrogens (tertiary/aromatic N) is 1. The first-order valence-electron chi connectivity index (χ1n) is 8.66. The van der Waals surface area contributed by atoms with Crippen LogP contribution in [0.5, 0.6) is 0 Å². The monoisotopic (exact) mass is 370 g/mol. The molecule has 7 nitrogen and oxygen atoms in total. The minimum Gasteiger partial charge on any atom is -0.449 e. The van der Waals surface area contributed by atoms with Crippen LogP contribution in [0.1, 0.15) is 36.2 Å². The Labute approximate surface area is 157 Å². The third kappa shape index (κ3) is 6.22. The zero-order valence-corrected chi connectivity index (χ0v) is 15.3. The van der Waals surface area contributed by atoms with Gasteiger partial charge in [0.15, 0.2) is 6.10 Å². The largest absolute Gasteiger partial charge is 0.449 e. The van der Waals surface area contributed by atoms with Gasteiger partial charge < -0.3 is 10.1 Å². The van der Waals surface area contributed by atoms with Crippen LogP contribution in [0.4, 0.5) is 5.69 Å². The fraction of sp³-hybridized carbons (Fsp3) is 0.300. The number of nitrogens with one attached hydrogen (secondary N) is 1. The van der Waals surface area contributed by atoms with Gasteiger partial charge >= 0.3 is 5.97 Å². The summed E-state index contributed by atoms with van der Waals surface area (Å²) in [6, 6.07) is 14.9. The molecule has 142 valence electrons. The van der Waals surface area contributed by atoms with Gasteiger partial charge in [-0.1, -0.05) is 30.3 Å². The number of carbonyl (C=O) groups is 2. The molecule has 2 aromatic carbocycles. The highest BCUT2D eigenvalue weighted by atomic mass is 16.6. The summed E-state index contributed by atoms with van der Waals surface area (Å²) in [6.45, 7) is 3.38. The summed E-state index contributed by atoms with van der Waals surface area (Å²) in [7, 11) is 0. The number of esters is 1. The molecule has 0 saturated carbocycles. The molecule has 0 aliphatic carbocycles. The molecule has 0 aliphatic rings. The van der Waals surface area contributed by atoms with Crippen LogP contribution in [0, 0.1) is 10.1 Å². The molecule has 0 aliphatic heterocycles. The average Bonchev–Trinajstić information content (AvgIpc) is 2.67. The summed E-state index contributed by atoms with van der Waals surface area (Å²) in [5.74, 6) is -1.09. The fourth-order valence-electron chi connectivity index (χ4n) is 2.46. The first-order valence-corrected chi connectivity index (χ1v) is 8.66. The molecule has 2 atom stereocenters. The molecule has 0 fully saturated rings. The van der Waals surface area contributed by atoms with Gasteiger partial charge in [-0.05, 0) is 44.4 Å². The van der Waals surface area contributed by atoms with Gasteiger partial charge in [0, 0.05) is 18.2 Å². The molecule has 27 heavy (non-hydrogen) atoms. The van der Waals surface area contributed by atoms with Gasteiger partial charge in [-0.15, -0.1) is 0 Å². The number of hydrogen-bond donors (Lipinski definition) is 1. The smallest absolute Gasteiger partial charge is 0.338 e. The van der Waals surface area contributed by atoms with E-state index in [1.54, 1.807) is 0 Å². The molecular weight excluding hydrogens is 348 g/mol. The van der Waals surface area contributed by atoms with Crippen LogP contribution in [-0.2, 0) is 16.0 Å². The molecule has 0 heterocycles. The van der Waals surface area contributed by atoms with Crippen molar-refractivity contribution >= 4 is 17.6 Å². The number of nitro benzene ring substituents is 1. The van der Waals surface area contributed by atoms with E-state index < -0.39 is 17.0 Å². The zero-order chi connectivity index (χ0) is 19.8. The maximum atomic E-state index is 12.2. The summed E-state index contributed by atoms with van der Waals surface area (Å²) in [5.41, 5.74) is 1.22. The Morgan fingerprint density at radius 2 is 1.70 bits per heavy atom. The van der Waals surface area contributed by atoms with E-state index in [9.17, 15) is 19.7 Å². The van der Waals surface area contributed by atoms with Crippen molar-refractivity contribution in [2.45, 2.75) is 38.8 Å². The molecule has 1 N–H and O–H groups in total. The van der Waals surface area contributed by atoms with Gasteiger partial charge in [0.1, 0.15) is 0 Å². The highest BCUT2D eigenvalue weighted by Crippen LogP contribution is 2.13. The standard InChI is InChI=1S/C20H22N2O5/c1-14(8-9-16-6-4-3-5-7-16)21-19(23)15(2)27-20(24)17-10-12-18(13-11-17)22(25)26/h3-7,10-15H,8-9H2,1-2H3,(H,21,23)/t14-,15-/m1/s1. The van der Waals surface area contributed by atoms with Gasteiger partial charge in [0.2, 0.25) is 0 Å². The summed E-state index contributed by atoms with van der Waals surface area (Å²) in [4.78, 5) is 34.3. The van der Waals surface area contributed by atoms with E-state index in [-0.39, 0.29) is 23.2 Å². The van der Waals surface area contributed by atoms with Gasteiger partial charge in [0.05, 0.1) is 10.5 Å². The van der Waals surface area contributed by atoms with E-state index in [2.05, 4.69) is 5.32 Å². The molecule has 1 amide bonds. The van der Waals surface area contributed by atoms with Crippen LogP contribution in [0.25, 0.3) is 0 Å². The predicted molar refractivity (Wildman–Crippen MR) is 100 cm³/mol. The SMILES string of the molecule is C[C@H](CCc1ccccc1)NC(=O)[C@@H](C)OC(=O)c1ccc([N+](=O)[O-])cc1. The Morgan fingerprint density at radius 3 is 2.30 bits per heavy atom. The fourth-order valence-corrected chi connectivity index (χ4v) is 2.46. The van der Waals surface area contributed by atoms with Crippen molar-refractivity contribution in [3.63, 3.8) is 0 Å². The van der Waals surface area contributed by atoms with E-state index in [0.29, 0.717) is 0 Å². The lowest BCUT2D eigenvalue weighted by atomic mass is 10.1. The molecule has 0 aromatic heterocycles.